The normalized spacial score (nSPS) is 15.1. The molecule has 0 unspecified atom stereocenters. The molecule has 4 nitrogen and oxygen atoms in total. The zero-order valence-corrected chi connectivity index (χ0v) is 12.3. The molecule has 1 aliphatic heterocycles. The van der Waals surface area contributed by atoms with Crippen LogP contribution in [0.2, 0.25) is 0 Å². The molecule has 0 atom stereocenters. The van der Waals surface area contributed by atoms with E-state index in [2.05, 4.69) is 42.5 Å². The predicted octanol–water partition coefficient (Wildman–Crippen LogP) is 2.29. The highest BCUT2D eigenvalue weighted by molar-refractivity contribution is 7.98. The van der Waals surface area contributed by atoms with Gasteiger partial charge in [-0.05, 0) is 31.0 Å². The van der Waals surface area contributed by atoms with Crippen LogP contribution in [-0.4, -0.2) is 55.4 Å². The number of nitrogens with zero attached hydrogens (tertiary/aromatic N) is 2. The maximum atomic E-state index is 11.3. The molecule has 1 heterocycles. The second-order valence-electron chi connectivity index (χ2n) is 4.69. The highest BCUT2D eigenvalue weighted by Gasteiger charge is 2.21. The van der Waals surface area contributed by atoms with Crippen molar-refractivity contribution in [3.05, 3.63) is 29.8 Å². The molecule has 0 spiro atoms. The number of hydrogen-bond donors (Lipinski definition) is 0. The minimum absolute atomic E-state index is 0.183. The fraction of sp³-hybridized carbons (Fsp3) is 0.500. The van der Waals surface area contributed by atoms with E-state index >= 15 is 0 Å². The quantitative estimate of drug-likeness (QED) is 0.749. The molecule has 104 valence electrons. The molecule has 0 bridgehead atoms. The van der Waals surface area contributed by atoms with Crippen molar-refractivity contribution in [2.45, 2.75) is 11.4 Å². The van der Waals surface area contributed by atoms with Crippen molar-refractivity contribution in [2.75, 3.05) is 39.5 Å². The lowest BCUT2D eigenvalue weighted by Gasteiger charge is -2.20. The van der Waals surface area contributed by atoms with Crippen LogP contribution in [0.5, 0.6) is 0 Å². The first-order valence-corrected chi connectivity index (χ1v) is 7.64. The Bertz CT molecular complexity index is 422. The van der Waals surface area contributed by atoms with E-state index in [4.69, 9.17) is 4.74 Å². The van der Waals surface area contributed by atoms with Crippen molar-refractivity contribution in [2.24, 2.45) is 0 Å². The van der Waals surface area contributed by atoms with Gasteiger partial charge in [0, 0.05) is 24.5 Å². The van der Waals surface area contributed by atoms with Crippen LogP contribution in [0.3, 0.4) is 0 Å². The number of thioether (sulfide) groups is 1. The Labute approximate surface area is 118 Å². The highest BCUT2D eigenvalue weighted by atomic mass is 32.2. The van der Waals surface area contributed by atoms with Gasteiger partial charge in [0.2, 0.25) is 0 Å². The summed E-state index contributed by atoms with van der Waals surface area (Å²) in [6.07, 6.45) is 1.90. The van der Waals surface area contributed by atoms with Gasteiger partial charge < -0.3 is 14.5 Å². The van der Waals surface area contributed by atoms with E-state index < -0.39 is 0 Å². The minimum atomic E-state index is -0.183. The lowest BCUT2D eigenvalue weighted by Crippen LogP contribution is -2.33. The van der Waals surface area contributed by atoms with Gasteiger partial charge in [-0.1, -0.05) is 12.1 Å². The predicted molar refractivity (Wildman–Crippen MR) is 77.5 cm³/mol. The van der Waals surface area contributed by atoms with Gasteiger partial charge in [0.1, 0.15) is 6.61 Å². The van der Waals surface area contributed by atoms with Crippen molar-refractivity contribution < 1.29 is 9.53 Å². The minimum Gasteiger partial charge on any atom is -0.448 e. The third-order valence-electron chi connectivity index (χ3n) is 3.21. The zero-order valence-electron chi connectivity index (χ0n) is 11.5. The Morgan fingerprint density at radius 1 is 1.37 bits per heavy atom. The lowest BCUT2D eigenvalue weighted by molar-refractivity contribution is 0.155. The number of amides is 1. The summed E-state index contributed by atoms with van der Waals surface area (Å²) in [6, 6.07) is 8.61. The number of rotatable bonds is 6. The topological polar surface area (TPSA) is 32.8 Å². The summed E-state index contributed by atoms with van der Waals surface area (Å²) in [5.74, 6) is 0. The van der Waals surface area contributed by atoms with Crippen LogP contribution < -0.4 is 0 Å². The van der Waals surface area contributed by atoms with Gasteiger partial charge in [-0.3, -0.25) is 0 Å². The van der Waals surface area contributed by atoms with Gasteiger partial charge in [-0.25, -0.2) is 4.79 Å². The van der Waals surface area contributed by atoms with Crippen molar-refractivity contribution in [3.8, 4) is 0 Å². The molecule has 1 aliphatic rings. The molecule has 19 heavy (non-hydrogen) atoms. The molecule has 1 fully saturated rings. The molecule has 5 heteroatoms. The molecule has 0 aromatic heterocycles. The third kappa shape index (κ3) is 4.14. The van der Waals surface area contributed by atoms with Gasteiger partial charge in [0.25, 0.3) is 0 Å². The number of ether oxygens (including phenoxy) is 1. The summed E-state index contributed by atoms with van der Waals surface area (Å²) in [5, 5.41) is 0. The second kappa shape index (κ2) is 6.82. The maximum absolute atomic E-state index is 11.3. The van der Waals surface area contributed by atoms with Crippen molar-refractivity contribution >= 4 is 17.9 Å². The van der Waals surface area contributed by atoms with Gasteiger partial charge in [0.15, 0.2) is 0 Å². The number of cyclic esters (lactones) is 1. The number of carbonyl (C=O) groups excluding carboxylic acids is 1. The van der Waals surface area contributed by atoms with E-state index in [1.165, 1.54) is 10.5 Å². The van der Waals surface area contributed by atoms with Crippen LogP contribution >= 0.6 is 11.8 Å². The summed E-state index contributed by atoms with van der Waals surface area (Å²) in [7, 11) is 2.07. The molecule has 2 rings (SSSR count). The molecular weight excluding hydrogens is 260 g/mol. The number of hydrogen-bond acceptors (Lipinski definition) is 4. The van der Waals surface area contributed by atoms with Gasteiger partial charge in [0.05, 0.1) is 6.54 Å². The molecule has 1 amide bonds. The van der Waals surface area contributed by atoms with Crippen molar-refractivity contribution in [1.29, 1.82) is 0 Å². The molecular formula is C14H20N2O2S. The fourth-order valence-corrected chi connectivity index (χ4v) is 2.45. The SMILES string of the molecule is CSc1ccc(CN(C)CCN2CCOC2=O)cc1. The third-order valence-corrected chi connectivity index (χ3v) is 3.95. The summed E-state index contributed by atoms with van der Waals surface area (Å²) in [5.41, 5.74) is 1.30. The van der Waals surface area contributed by atoms with E-state index in [1.807, 2.05) is 0 Å². The van der Waals surface area contributed by atoms with E-state index in [1.54, 1.807) is 16.7 Å². The van der Waals surface area contributed by atoms with E-state index in [9.17, 15) is 4.79 Å². The van der Waals surface area contributed by atoms with Crippen LogP contribution in [0.25, 0.3) is 0 Å². The first-order chi connectivity index (χ1) is 9.19. The standard InChI is InChI=1S/C14H20N2O2S/c1-15(7-8-16-9-10-18-14(16)17)11-12-3-5-13(19-2)6-4-12/h3-6H,7-11H2,1-2H3. The number of likely N-dealkylation sites (N-methyl/N-ethyl adjacent to an activating group) is 1. The first-order valence-electron chi connectivity index (χ1n) is 6.42. The first kappa shape index (κ1) is 14.2. The lowest BCUT2D eigenvalue weighted by atomic mass is 10.2. The van der Waals surface area contributed by atoms with Crippen LogP contribution in [0.1, 0.15) is 5.56 Å². The van der Waals surface area contributed by atoms with Crippen LogP contribution in [-0.2, 0) is 11.3 Å². The van der Waals surface area contributed by atoms with Gasteiger partial charge in [-0.15, -0.1) is 11.8 Å². The Balaban J connectivity index is 1.76. The van der Waals surface area contributed by atoms with E-state index in [-0.39, 0.29) is 6.09 Å². The van der Waals surface area contributed by atoms with E-state index in [0.29, 0.717) is 6.61 Å². The van der Waals surface area contributed by atoms with Crippen LogP contribution in [0, 0.1) is 0 Å². The average molecular weight is 280 g/mol. The maximum Gasteiger partial charge on any atom is 0.409 e. The zero-order chi connectivity index (χ0) is 13.7. The van der Waals surface area contributed by atoms with Crippen molar-refractivity contribution in [3.63, 3.8) is 0 Å². The summed E-state index contributed by atoms with van der Waals surface area (Å²) in [6.45, 7) is 3.74. The Morgan fingerprint density at radius 2 is 2.11 bits per heavy atom. The van der Waals surface area contributed by atoms with Crippen LogP contribution in [0.4, 0.5) is 4.79 Å². The summed E-state index contributed by atoms with van der Waals surface area (Å²) < 4.78 is 4.91. The molecule has 1 aromatic rings. The average Bonchev–Trinajstić information content (AvgIpc) is 2.83. The monoisotopic (exact) mass is 280 g/mol. The molecule has 1 saturated heterocycles. The van der Waals surface area contributed by atoms with Gasteiger partial charge in [-0.2, -0.15) is 0 Å². The van der Waals surface area contributed by atoms with Crippen molar-refractivity contribution in [1.82, 2.24) is 9.80 Å². The summed E-state index contributed by atoms with van der Waals surface area (Å²) in [4.78, 5) is 16.6. The smallest absolute Gasteiger partial charge is 0.409 e. The molecule has 0 aliphatic carbocycles. The Morgan fingerprint density at radius 3 is 2.68 bits per heavy atom. The second-order valence-corrected chi connectivity index (χ2v) is 5.57. The molecule has 1 aromatic carbocycles. The highest BCUT2D eigenvalue weighted by Crippen LogP contribution is 2.15. The largest absolute Gasteiger partial charge is 0.448 e. The molecule has 0 N–H and O–H groups in total. The summed E-state index contributed by atoms with van der Waals surface area (Å²) >= 11 is 1.75. The van der Waals surface area contributed by atoms with Crippen LogP contribution in [0.15, 0.2) is 29.2 Å². The molecule has 0 radical (unpaired) electrons. The fourth-order valence-electron chi connectivity index (χ4n) is 2.04. The van der Waals surface area contributed by atoms with E-state index in [0.717, 1.165) is 26.2 Å². The Hall–Kier alpha value is -1.20. The molecule has 0 saturated carbocycles. The number of carbonyl (C=O) groups is 1. The Kier molecular flexibility index (Phi) is 5.10. The van der Waals surface area contributed by atoms with Gasteiger partial charge >= 0.3 is 6.09 Å². The number of benzene rings is 1.